The lowest BCUT2D eigenvalue weighted by Crippen LogP contribution is -2.41. The molecule has 1 aromatic carbocycles. The molecular weight excluding hydrogens is 325 g/mol. The van der Waals surface area contributed by atoms with Crippen molar-refractivity contribution in [1.29, 1.82) is 0 Å². The molecule has 1 aliphatic heterocycles. The fraction of sp³-hybridized carbons (Fsp3) is 0.231. The summed E-state index contributed by atoms with van der Waals surface area (Å²) in [6.45, 7) is 0.134. The van der Waals surface area contributed by atoms with E-state index in [9.17, 15) is 9.59 Å². The van der Waals surface area contributed by atoms with Crippen molar-refractivity contribution in [3.8, 4) is 0 Å². The van der Waals surface area contributed by atoms with Gasteiger partial charge in [0, 0.05) is 4.47 Å². The molecule has 20 heavy (non-hydrogen) atoms. The van der Waals surface area contributed by atoms with Gasteiger partial charge in [0.1, 0.15) is 0 Å². The number of benzene rings is 1. The van der Waals surface area contributed by atoms with E-state index in [1.165, 1.54) is 0 Å². The third-order valence-corrected chi connectivity index (χ3v) is 3.14. The van der Waals surface area contributed by atoms with E-state index in [4.69, 9.17) is 9.31 Å². The number of carbonyl (C=O) groups excluding carboxylic acids is 2. The summed E-state index contributed by atoms with van der Waals surface area (Å²) in [4.78, 5) is 24.6. The summed E-state index contributed by atoms with van der Waals surface area (Å²) in [5.74, 6) is 0.695. The number of halogens is 1. The van der Waals surface area contributed by atoms with Gasteiger partial charge in [0.2, 0.25) is 0 Å². The molecule has 0 atom stereocenters. The lowest BCUT2D eigenvalue weighted by atomic mass is 9.88. The molecule has 1 heterocycles. The minimum absolute atomic E-state index is 0.0672. The summed E-state index contributed by atoms with van der Waals surface area (Å²) in [5.41, 5.74) is 0.916. The largest absolute Gasteiger partial charge is 0.628 e. The summed E-state index contributed by atoms with van der Waals surface area (Å²) >= 11 is 3.35. The van der Waals surface area contributed by atoms with E-state index < -0.39 is 19.1 Å². The normalized spacial score (nSPS) is 17.6. The summed E-state index contributed by atoms with van der Waals surface area (Å²) in [7, 11) is 0.674. The van der Waals surface area contributed by atoms with E-state index in [-0.39, 0.29) is 13.1 Å². The lowest BCUT2D eigenvalue weighted by Gasteiger charge is -2.21. The van der Waals surface area contributed by atoms with Gasteiger partial charge in [-0.15, -0.1) is 0 Å². The second kappa shape index (κ2) is 6.72. The first-order valence-electron chi connectivity index (χ1n) is 6.04. The molecule has 0 radical (unpaired) electrons. The van der Waals surface area contributed by atoms with Gasteiger partial charge >= 0.3 is 19.1 Å². The standard InChI is InChI=1S/C13H13BBrNO4/c1-16-8-12(17)19-14(20-13(18)9-16)7-6-10-2-4-11(15)5-3-10/h2-7H,8-9H2,1H3/b7-6+. The topological polar surface area (TPSA) is 55.8 Å². The van der Waals surface area contributed by atoms with Crippen molar-refractivity contribution in [3.63, 3.8) is 0 Å². The summed E-state index contributed by atoms with van der Waals surface area (Å²) in [6.07, 6.45) is 1.74. The highest BCUT2D eigenvalue weighted by atomic mass is 79.9. The highest BCUT2D eigenvalue weighted by molar-refractivity contribution is 9.10. The average Bonchev–Trinajstić information content (AvgIpc) is 2.35. The Morgan fingerprint density at radius 1 is 1.15 bits per heavy atom. The fourth-order valence-corrected chi connectivity index (χ4v) is 1.96. The zero-order valence-corrected chi connectivity index (χ0v) is 12.5. The Labute approximate surface area is 125 Å². The van der Waals surface area contributed by atoms with Crippen molar-refractivity contribution in [2.24, 2.45) is 0 Å². The van der Waals surface area contributed by atoms with Crippen LogP contribution in [0.3, 0.4) is 0 Å². The molecule has 2 rings (SSSR count). The molecule has 0 aromatic heterocycles. The van der Waals surface area contributed by atoms with Crippen LogP contribution in [-0.2, 0) is 18.9 Å². The first-order chi connectivity index (χ1) is 9.52. The maximum Gasteiger partial charge on any atom is 0.628 e. The fourth-order valence-electron chi connectivity index (χ4n) is 1.70. The van der Waals surface area contributed by atoms with Crippen LogP contribution in [0, 0.1) is 0 Å². The van der Waals surface area contributed by atoms with Gasteiger partial charge in [-0.05, 0) is 30.7 Å². The molecule has 104 valence electrons. The third-order valence-electron chi connectivity index (χ3n) is 2.61. The Balaban J connectivity index is 2.04. The van der Waals surface area contributed by atoms with E-state index in [2.05, 4.69) is 15.9 Å². The van der Waals surface area contributed by atoms with Crippen LogP contribution in [0.15, 0.2) is 34.7 Å². The molecule has 0 spiro atoms. The molecule has 0 unspecified atom stereocenters. The molecule has 0 bridgehead atoms. The van der Waals surface area contributed by atoms with Crippen molar-refractivity contribution in [3.05, 3.63) is 40.3 Å². The van der Waals surface area contributed by atoms with Crippen LogP contribution in [0.1, 0.15) is 5.56 Å². The van der Waals surface area contributed by atoms with Gasteiger partial charge in [-0.25, -0.2) is 0 Å². The van der Waals surface area contributed by atoms with Crippen LogP contribution in [0.5, 0.6) is 0 Å². The van der Waals surface area contributed by atoms with E-state index in [0.717, 1.165) is 10.0 Å². The second-order valence-corrected chi connectivity index (χ2v) is 5.35. The Kier molecular flexibility index (Phi) is 4.97. The Morgan fingerprint density at radius 3 is 2.25 bits per heavy atom. The van der Waals surface area contributed by atoms with Crippen LogP contribution in [0.2, 0.25) is 0 Å². The van der Waals surface area contributed by atoms with Gasteiger partial charge in [0.15, 0.2) is 0 Å². The molecule has 0 aliphatic carbocycles. The van der Waals surface area contributed by atoms with Gasteiger partial charge in [-0.1, -0.05) is 34.1 Å². The minimum Gasteiger partial charge on any atom is -0.495 e. The van der Waals surface area contributed by atoms with Gasteiger partial charge in [0.25, 0.3) is 0 Å². The average molecular weight is 338 g/mol. The van der Waals surface area contributed by atoms with Crippen molar-refractivity contribution in [2.75, 3.05) is 20.1 Å². The first-order valence-corrected chi connectivity index (χ1v) is 6.83. The highest BCUT2D eigenvalue weighted by Gasteiger charge is 2.29. The first kappa shape index (κ1) is 14.8. The van der Waals surface area contributed by atoms with Gasteiger partial charge in [0.05, 0.1) is 13.1 Å². The molecule has 0 amide bonds. The Morgan fingerprint density at radius 2 is 1.70 bits per heavy atom. The van der Waals surface area contributed by atoms with Crippen molar-refractivity contribution < 1.29 is 18.9 Å². The van der Waals surface area contributed by atoms with Gasteiger partial charge in [-0.3, -0.25) is 14.5 Å². The molecule has 0 N–H and O–H groups in total. The van der Waals surface area contributed by atoms with Crippen molar-refractivity contribution in [1.82, 2.24) is 4.90 Å². The lowest BCUT2D eigenvalue weighted by molar-refractivity contribution is -0.145. The van der Waals surface area contributed by atoms with Crippen molar-refractivity contribution >= 4 is 41.1 Å². The van der Waals surface area contributed by atoms with Crippen LogP contribution in [0.4, 0.5) is 0 Å². The van der Waals surface area contributed by atoms with E-state index in [1.807, 2.05) is 24.3 Å². The predicted octanol–water partition coefficient (Wildman–Crippen LogP) is 1.52. The number of hydrogen-bond acceptors (Lipinski definition) is 5. The molecule has 1 saturated heterocycles. The highest BCUT2D eigenvalue weighted by Crippen LogP contribution is 2.12. The maximum atomic E-state index is 11.5. The summed E-state index contributed by atoms with van der Waals surface area (Å²) < 4.78 is 11.1. The van der Waals surface area contributed by atoms with Crippen LogP contribution in [0.25, 0.3) is 6.08 Å². The molecular formula is C13H13BBrNO4. The molecule has 7 heteroatoms. The molecule has 5 nitrogen and oxygen atoms in total. The quantitative estimate of drug-likeness (QED) is 0.766. The number of hydrogen-bond donors (Lipinski definition) is 0. The number of likely N-dealkylation sites (N-methyl/N-ethyl adjacent to an activating group) is 1. The van der Waals surface area contributed by atoms with Crippen LogP contribution >= 0.6 is 15.9 Å². The molecule has 1 aromatic rings. The van der Waals surface area contributed by atoms with E-state index in [0.29, 0.717) is 0 Å². The van der Waals surface area contributed by atoms with Crippen LogP contribution < -0.4 is 0 Å². The molecule has 1 aliphatic rings. The van der Waals surface area contributed by atoms with Gasteiger partial charge < -0.3 is 9.31 Å². The molecule has 1 fully saturated rings. The van der Waals surface area contributed by atoms with Gasteiger partial charge in [-0.2, -0.15) is 0 Å². The SMILES string of the molecule is CN1CC(=O)OB(/C=C/c2ccc(Br)cc2)OC(=O)C1. The number of rotatable bonds is 2. The maximum absolute atomic E-state index is 11.5. The predicted molar refractivity (Wildman–Crippen MR) is 78.6 cm³/mol. The Hall–Kier alpha value is -1.60. The summed E-state index contributed by atoms with van der Waals surface area (Å²) in [6, 6.07) is 7.57. The second-order valence-electron chi connectivity index (χ2n) is 4.43. The molecule has 0 saturated carbocycles. The third kappa shape index (κ3) is 4.50. The zero-order valence-electron chi connectivity index (χ0n) is 10.9. The van der Waals surface area contributed by atoms with Crippen LogP contribution in [-0.4, -0.2) is 44.1 Å². The minimum atomic E-state index is -0.979. The number of carbonyl (C=O) groups is 2. The van der Waals surface area contributed by atoms with E-state index >= 15 is 0 Å². The van der Waals surface area contributed by atoms with Crippen molar-refractivity contribution in [2.45, 2.75) is 0 Å². The Bertz CT molecular complexity index is 512. The zero-order chi connectivity index (χ0) is 14.5. The van der Waals surface area contributed by atoms with E-state index in [1.54, 1.807) is 24.0 Å². The number of nitrogens with zero attached hydrogens (tertiary/aromatic N) is 1. The smallest absolute Gasteiger partial charge is 0.495 e. The summed E-state index contributed by atoms with van der Waals surface area (Å²) in [5, 5.41) is 0. The monoisotopic (exact) mass is 337 g/mol.